The molecule has 0 atom stereocenters. The summed E-state index contributed by atoms with van der Waals surface area (Å²) in [5.41, 5.74) is 3.15. The molecule has 3 rings (SSSR count). The number of aromatic amines is 1. The van der Waals surface area contributed by atoms with E-state index in [0.29, 0.717) is 5.39 Å². The topological polar surface area (TPSA) is 45.8 Å². The van der Waals surface area contributed by atoms with Gasteiger partial charge in [-0.25, -0.2) is 0 Å². The summed E-state index contributed by atoms with van der Waals surface area (Å²) in [6.07, 6.45) is 3.35. The molecular weight excluding hydrogens is 260 g/mol. The molecule has 3 heteroatoms. The summed E-state index contributed by atoms with van der Waals surface area (Å²) in [7, 11) is 0. The maximum atomic E-state index is 12.1. The zero-order valence-corrected chi connectivity index (χ0v) is 12.5. The summed E-state index contributed by atoms with van der Waals surface area (Å²) in [6, 6.07) is 12.0. The van der Waals surface area contributed by atoms with Gasteiger partial charge in [-0.05, 0) is 28.7 Å². The van der Waals surface area contributed by atoms with Crippen LogP contribution >= 0.6 is 0 Å². The van der Waals surface area contributed by atoms with E-state index in [2.05, 4.69) is 42.9 Å². The van der Waals surface area contributed by atoms with Crippen LogP contribution in [0.5, 0.6) is 0 Å². The summed E-state index contributed by atoms with van der Waals surface area (Å²) in [5.74, 6) is 0. The van der Waals surface area contributed by atoms with Crippen LogP contribution in [0.15, 0.2) is 53.6 Å². The Morgan fingerprint density at radius 1 is 1.05 bits per heavy atom. The fraction of sp³-hybridized carbons (Fsp3) is 0.222. The normalized spacial score (nSPS) is 11.8. The Labute approximate surface area is 123 Å². The molecule has 1 aromatic carbocycles. The largest absolute Gasteiger partial charge is 0.321 e. The first-order chi connectivity index (χ1) is 9.95. The Morgan fingerprint density at radius 2 is 1.76 bits per heavy atom. The van der Waals surface area contributed by atoms with E-state index >= 15 is 0 Å². The van der Waals surface area contributed by atoms with Crippen molar-refractivity contribution in [3.8, 4) is 11.3 Å². The number of nitrogens with zero attached hydrogens (tertiary/aromatic N) is 1. The number of fused-ring (bicyclic) bond motifs is 1. The van der Waals surface area contributed by atoms with Crippen molar-refractivity contribution >= 4 is 10.8 Å². The molecule has 0 bridgehead atoms. The highest BCUT2D eigenvalue weighted by Gasteiger charge is 2.13. The highest BCUT2D eigenvalue weighted by molar-refractivity contribution is 5.84. The third kappa shape index (κ3) is 2.59. The van der Waals surface area contributed by atoms with Crippen molar-refractivity contribution in [2.24, 2.45) is 0 Å². The Bertz CT molecular complexity index is 839. The number of pyridine rings is 2. The zero-order valence-electron chi connectivity index (χ0n) is 12.5. The number of hydrogen-bond donors (Lipinski definition) is 1. The van der Waals surface area contributed by atoms with Gasteiger partial charge in [0.25, 0.3) is 5.56 Å². The van der Waals surface area contributed by atoms with Crippen LogP contribution in [0.1, 0.15) is 26.3 Å². The van der Waals surface area contributed by atoms with Crippen molar-refractivity contribution < 1.29 is 0 Å². The van der Waals surface area contributed by atoms with Crippen molar-refractivity contribution in [1.82, 2.24) is 9.97 Å². The van der Waals surface area contributed by atoms with Crippen LogP contribution in [-0.4, -0.2) is 9.97 Å². The van der Waals surface area contributed by atoms with E-state index in [9.17, 15) is 4.79 Å². The van der Waals surface area contributed by atoms with E-state index in [-0.39, 0.29) is 11.0 Å². The highest BCUT2D eigenvalue weighted by Crippen LogP contribution is 2.25. The minimum absolute atomic E-state index is 0.0789. The van der Waals surface area contributed by atoms with Gasteiger partial charge in [0, 0.05) is 23.5 Å². The molecule has 0 saturated carbocycles. The molecule has 1 N–H and O–H groups in total. The standard InChI is InChI=1S/C18H18N2O/c1-18(2,3)14-6-4-12(5-7-14)16-10-13-11-19-9-8-15(13)17(21)20-16/h4-11H,1-3H3,(H,20,21). The number of H-pyrrole nitrogens is 1. The minimum Gasteiger partial charge on any atom is -0.321 e. The molecule has 21 heavy (non-hydrogen) atoms. The molecule has 3 nitrogen and oxygen atoms in total. The molecule has 0 spiro atoms. The van der Waals surface area contributed by atoms with E-state index in [1.807, 2.05) is 18.2 Å². The first-order valence-corrected chi connectivity index (χ1v) is 7.03. The van der Waals surface area contributed by atoms with Crippen molar-refractivity contribution in [3.63, 3.8) is 0 Å². The predicted molar refractivity (Wildman–Crippen MR) is 86.5 cm³/mol. The van der Waals surface area contributed by atoms with E-state index in [1.165, 1.54) is 5.56 Å². The third-order valence-corrected chi connectivity index (χ3v) is 3.71. The van der Waals surface area contributed by atoms with Crippen molar-refractivity contribution in [2.45, 2.75) is 26.2 Å². The van der Waals surface area contributed by atoms with Crippen LogP contribution in [0.3, 0.4) is 0 Å². The van der Waals surface area contributed by atoms with Gasteiger partial charge in [-0.2, -0.15) is 0 Å². The van der Waals surface area contributed by atoms with Gasteiger partial charge in [0.2, 0.25) is 0 Å². The molecule has 0 unspecified atom stereocenters. The number of rotatable bonds is 1. The van der Waals surface area contributed by atoms with Gasteiger partial charge in [-0.1, -0.05) is 45.0 Å². The van der Waals surface area contributed by atoms with Gasteiger partial charge >= 0.3 is 0 Å². The Hall–Kier alpha value is -2.42. The van der Waals surface area contributed by atoms with Crippen LogP contribution in [0.4, 0.5) is 0 Å². The average Bonchev–Trinajstić information content (AvgIpc) is 2.46. The number of hydrogen-bond acceptors (Lipinski definition) is 2. The maximum absolute atomic E-state index is 12.1. The van der Waals surface area contributed by atoms with Gasteiger partial charge < -0.3 is 4.98 Å². The van der Waals surface area contributed by atoms with Gasteiger partial charge in [-0.3, -0.25) is 9.78 Å². The monoisotopic (exact) mass is 278 g/mol. The fourth-order valence-electron chi connectivity index (χ4n) is 2.41. The van der Waals surface area contributed by atoms with Crippen LogP contribution < -0.4 is 5.56 Å². The second kappa shape index (κ2) is 4.85. The summed E-state index contributed by atoms with van der Waals surface area (Å²) in [5, 5.41) is 1.52. The molecule has 106 valence electrons. The van der Waals surface area contributed by atoms with Crippen LogP contribution in [-0.2, 0) is 5.41 Å². The lowest BCUT2D eigenvalue weighted by atomic mass is 9.86. The fourth-order valence-corrected chi connectivity index (χ4v) is 2.41. The van der Waals surface area contributed by atoms with Crippen LogP contribution in [0.2, 0.25) is 0 Å². The average molecular weight is 278 g/mol. The number of aromatic nitrogens is 2. The highest BCUT2D eigenvalue weighted by atomic mass is 16.1. The molecule has 0 fully saturated rings. The molecule has 0 saturated heterocycles. The quantitative estimate of drug-likeness (QED) is 0.734. The van der Waals surface area contributed by atoms with Gasteiger partial charge in [0.05, 0.1) is 5.39 Å². The number of nitrogens with one attached hydrogen (secondary N) is 1. The van der Waals surface area contributed by atoms with Gasteiger partial charge in [0.15, 0.2) is 0 Å². The molecule has 0 amide bonds. The zero-order chi connectivity index (χ0) is 15.0. The van der Waals surface area contributed by atoms with Crippen molar-refractivity contribution in [2.75, 3.05) is 0 Å². The lowest BCUT2D eigenvalue weighted by Gasteiger charge is -2.19. The second-order valence-electron chi connectivity index (χ2n) is 6.30. The molecule has 2 aromatic heterocycles. The summed E-state index contributed by atoms with van der Waals surface area (Å²) >= 11 is 0. The van der Waals surface area contributed by atoms with E-state index < -0.39 is 0 Å². The Morgan fingerprint density at radius 3 is 2.43 bits per heavy atom. The first-order valence-electron chi connectivity index (χ1n) is 7.03. The molecule has 3 aromatic rings. The first kappa shape index (κ1) is 13.6. The molecule has 0 aliphatic rings. The molecular formula is C18H18N2O. The van der Waals surface area contributed by atoms with Gasteiger partial charge in [0.1, 0.15) is 0 Å². The molecule has 0 radical (unpaired) electrons. The van der Waals surface area contributed by atoms with E-state index in [4.69, 9.17) is 0 Å². The lowest BCUT2D eigenvalue weighted by Crippen LogP contribution is -2.11. The van der Waals surface area contributed by atoms with Crippen LogP contribution in [0.25, 0.3) is 22.0 Å². The maximum Gasteiger partial charge on any atom is 0.256 e. The van der Waals surface area contributed by atoms with E-state index in [1.54, 1.807) is 18.5 Å². The van der Waals surface area contributed by atoms with Crippen molar-refractivity contribution in [1.29, 1.82) is 0 Å². The number of benzene rings is 1. The molecule has 0 aliphatic carbocycles. The second-order valence-corrected chi connectivity index (χ2v) is 6.30. The Kier molecular flexibility index (Phi) is 3.13. The summed E-state index contributed by atoms with van der Waals surface area (Å²) < 4.78 is 0. The summed E-state index contributed by atoms with van der Waals surface area (Å²) in [6.45, 7) is 6.56. The van der Waals surface area contributed by atoms with Crippen LogP contribution in [0, 0.1) is 0 Å². The SMILES string of the molecule is CC(C)(C)c1ccc(-c2cc3cnccc3c(=O)[nH]2)cc1. The third-order valence-electron chi connectivity index (χ3n) is 3.71. The molecule has 2 heterocycles. The predicted octanol–water partition coefficient (Wildman–Crippen LogP) is 3.89. The lowest BCUT2D eigenvalue weighted by molar-refractivity contribution is 0.590. The Balaban J connectivity index is 2.10. The molecule has 0 aliphatic heterocycles. The van der Waals surface area contributed by atoms with E-state index in [0.717, 1.165) is 16.6 Å². The van der Waals surface area contributed by atoms with Crippen molar-refractivity contribution in [3.05, 3.63) is 64.7 Å². The minimum atomic E-state index is -0.0789. The summed E-state index contributed by atoms with van der Waals surface area (Å²) in [4.78, 5) is 19.1. The van der Waals surface area contributed by atoms with Gasteiger partial charge in [-0.15, -0.1) is 0 Å². The smallest absolute Gasteiger partial charge is 0.256 e.